The highest BCUT2D eigenvalue weighted by molar-refractivity contribution is 9.10. The quantitative estimate of drug-likeness (QED) is 0.936. The van der Waals surface area contributed by atoms with Crippen LogP contribution in [0.4, 0.5) is 8.78 Å². The zero-order valence-electron chi connectivity index (χ0n) is 9.01. The normalized spacial score (nSPS) is 12.7. The fraction of sp³-hybridized carbons (Fsp3) is 0.167. The monoisotopic (exact) mass is 301 g/mol. The van der Waals surface area contributed by atoms with Gasteiger partial charge in [0.25, 0.3) is 0 Å². The zero-order chi connectivity index (χ0) is 12.4. The van der Waals surface area contributed by atoms with E-state index in [-0.39, 0.29) is 5.56 Å². The largest absolute Gasteiger partial charge is 0.457 e. The van der Waals surface area contributed by atoms with Crippen LogP contribution in [0.1, 0.15) is 17.2 Å². The molecule has 1 aromatic carbocycles. The second-order valence-corrected chi connectivity index (χ2v) is 4.26. The van der Waals surface area contributed by atoms with Gasteiger partial charge in [-0.05, 0) is 47.2 Å². The van der Waals surface area contributed by atoms with Crippen molar-refractivity contribution < 1.29 is 13.2 Å². The molecule has 5 heteroatoms. The van der Waals surface area contributed by atoms with Crippen LogP contribution in [-0.4, -0.2) is 7.05 Å². The first kappa shape index (κ1) is 12.3. The summed E-state index contributed by atoms with van der Waals surface area (Å²) in [6, 6.07) is 4.63. The van der Waals surface area contributed by atoms with E-state index in [1.54, 1.807) is 13.1 Å². The van der Waals surface area contributed by atoms with Gasteiger partial charge in [0.05, 0.1) is 12.3 Å². The van der Waals surface area contributed by atoms with E-state index in [2.05, 4.69) is 21.2 Å². The first-order valence-corrected chi connectivity index (χ1v) is 5.78. The summed E-state index contributed by atoms with van der Waals surface area (Å²) >= 11 is 3.23. The van der Waals surface area contributed by atoms with Crippen molar-refractivity contribution in [1.29, 1.82) is 0 Å². The van der Waals surface area contributed by atoms with E-state index in [0.717, 1.165) is 17.7 Å². The average Bonchev–Trinajstić information content (AvgIpc) is 2.71. The number of benzene rings is 1. The van der Waals surface area contributed by atoms with Gasteiger partial charge in [-0.15, -0.1) is 0 Å². The Hall–Kier alpha value is -1.20. The lowest BCUT2D eigenvalue weighted by Crippen LogP contribution is -2.19. The van der Waals surface area contributed by atoms with Crippen LogP contribution in [-0.2, 0) is 0 Å². The summed E-state index contributed by atoms with van der Waals surface area (Å²) < 4.78 is 32.4. The molecule has 0 aliphatic rings. The number of rotatable bonds is 3. The van der Waals surface area contributed by atoms with E-state index in [4.69, 9.17) is 4.42 Å². The molecule has 0 fully saturated rings. The number of furan rings is 1. The van der Waals surface area contributed by atoms with Gasteiger partial charge in [0.2, 0.25) is 0 Å². The van der Waals surface area contributed by atoms with Gasteiger partial charge in [-0.25, -0.2) is 8.78 Å². The summed E-state index contributed by atoms with van der Waals surface area (Å²) in [7, 11) is 1.68. The molecule has 0 saturated heterocycles. The predicted octanol–water partition coefficient (Wildman–Crippen LogP) is 3.63. The van der Waals surface area contributed by atoms with E-state index in [1.165, 1.54) is 12.3 Å². The van der Waals surface area contributed by atoms with Crippen LogP contribution in [0, 0.1) is 11.6 Å². The Kier molecular flexibility index (Phi) is 3.59. The molecule has 0 saturated carbocycles. The smallest absolute Gasteiger partial charge is 0.174 e. The Balaban J connectivity index is 2.49. The fourth-order valence-electron chi connectivity index (χ4n) is 1.72. The van der Waals surface area contributed by atoms with Crippen molar-refractivity contribution in [2.75, 3.05) is 7.05 Å². The van der Waals surface area contributed by atoms with Crippen molar-refractivity contribution >= 4 is 15.9 Å². The lowest BCUT2D eigenvalue weighted by atomic mass is 10.0. The third kappa shape index (κ3) is 2.40. The Morgan fingerprint density at radius 2 is 2.00 bits per heavy atom. The molecule has 1 N–H and O–H groups in total. The SMILES string of the molecule is CNC(c1cc(F)ccc1F)c1ccoc1Br. The Morgan fingerprint density at radius 1 is 1.24 bits per heavy atom. The highest BCUT2D eigenvalue weighted by Crippen LogP contribution is 2.30. The van der Waals surface area contributed by atoms with Crippen LogP contribution in [0.2, 0.25) is 0 Å². The third-order valence-corrected chi connectivity index (χ3v) is 3.16. The van der Waals surface area contributed by atoms with Gasteiger partial charge in [-0.2, -0.15) is 0 Å². The molecule has 0 aliphatic heterocycles. The average molecular weight is 302 g/mol. The molecule has 0 spiro atoms. The number of nitrogens with one attached hydrogen (secondary N) is 1. The van der Waals surface area contributed by atoms with Gasteiger partial charge < -0.3 is 9.73 Å². The number of hydrogen-bond acceptors (Lipinski definition) is 2. The molecule has 0 aliphatic carbocycles. The first-order chi connectivity index (χ1) is 8.13. The molecule has 1 unspecified atom stereocenters. The van der Waals surface area contributed by atoms with Crippen molar-refractivity contribution in [3.8, 4) is 0 Å². The second kappa shape index (κ2) is 4.98. The third-order valence-electron chi connectivity index (χ3n) is 2.51. The fourth-order valence-corrected chi connectivity index (χ4v) is 2.19. The van der Waals surface area contributed by atoms with Gasteiger partial charge in [-0.3, -0.25) is 0 Å². The molecular weight excluding hydrogens is 292 g/mol. The van der Waals surface area contributed by atoms with Crippen LogP contribution >= 0.6 is 15.9 Å². The lowest BCUT2D eigenvalue weighted by molar-refractivity contribution is 0.522. The predicted molar refractivity (Wildman–Crippen MR) is 63.7 cm³/mol. The van der Waals surface area contributed by atoms with Crippen LogP contribution in [0.25, 0.3) is 0 Å². The topological polar surface area (TPSA) is 25.2 Å². The second-order valence-electron chi connectivity index (χ2n) is 3.54. The molecule has 1 atom stereocenters. The Bertz CT molecular complexity index is 527. The molecule has 1 aromatic heterocycles. The summed E-state index contributed by atoms with van der Waals surface area (Å²) in [4.78, 5) is 0. The Labute approximate surface area is 106 Å². The maximum atomic E-state index is 13.7. The van der Waals surface area contributed by atoms with Crippen molar-refractivity contribution in [2.24, 2.45) is 0 Å². The summed E-state index contributed by atoms with van der Waals surface area (Å²) in [5, 5.41) is 2.93. The first-order valence-electron chi connectivity index (χ1n) is 4.98. The molecule has 90 valence electrons. The minimum atomic E-state index is -0.471. The van der Waals surface area contributed by atoms with Crippen LogP contribution < -0.4 is 5.32 Å². The van der Waals surface area contributed by atoms with E-state index < -0.39 is 17.7 Å². The highest BCUT2D eigenvalue weighted by Gasteiger charge is 2.20. The number of hydrogen-bond donors (Lipinski definition) is 1. The maximum Gasteiger partial charge on any atom is 0.174 e. The molecule has 2 rings (SSSR count). The molecule has 2 nitrogen and oxygen atoms in total. The molecule has 0 radical (unpaired) electrons. The van der Waals surface area contributed by atoms with Crippen molar-refractivity contribution in [1.82, 2.24) is 5.32 Å². The lowest BCUT2D eigenvalue weighted by Gasteiger charge is -2.16. The molecule has 0 bridgehead atoms. The van der Waals surface area contributed by atoms with Gasteiger partial charge in [0.15, 0.2) is 4.67 Å². The summed E-state index contributed by atoms with van der Waals surface area (Å²) in [5.41, 5.74) is 0.964. The van der Waals surface area contributed by atoms with Crippen LogP contribution in [0.15, 0.2) is 39.6 Å². The van der Waals surface area contributed by atoms with Gasteiger partial charge >= 0.3 is 0 Å². The Morgan fingerprint density at radius 3 is 2.59 bits per heavy atom. The zero-order valence-corrected chi connectivity index (χ0v) is 10.6. The molecule has 2 aromatic rings. The van der Waals surface area contributed by atoms with Crippen molar-refractivity contribution in [2.45, 2.75) is 6.04 Å². The maximum absolute atomic E-state index is 13.7. The molecule has 0 amide bonds. The number of halogens is 3. The van der Waals surface area contributed by atoms with Crippen LogP contribution in [0.3, 0.4) is 0 Å². The van der Waals surface area contributed by atoms with Gasteiger partial charge in [-0.1, -0.05) is 0 Å². The minimum absolute atomic E-state index is 0.245. The van der Waals surface area contributed by atoms with Gasteiger partial charge in [0, 0.05) is 11.1 Å². The summed E-state index contributed by atoms with van der Waals surface area (Å²) in [6.45, 7) is 0. The van der Waals surface area contributed by atoms with Crippen molar-refractivity contribution in [3.05, 3.63) is 58.0 Å². The van der Waals surface area contributed by atoms with Gasteiger partial charge in [0.1, 0.15) is 11.6 Å². The van der Waals surface area contributed by atoms with Crippen molar-refractivity contribution in [3.63, 3.8) is 0 Å². The van der Waals surface area contributed by atoms with E-state index in [1.807, 2.05) is 0 Å². The van der Waals surface area contributed by atoms with Crippen LogP contribution in [0.5, 0.6) is 0 Å². The summed E-state index contributed by atoms with van der Waals surface area (Å²) in [6.07, 6.45) is 1.49. The molecular formula is C12H10BrF2NO. The van der Waals surface area contributed by atoms with E-state index >= 15 is 0 Å². The van der Waals surface area contributed by atoms with E-state index in [9.17, 15) is 8.78 Å². The highest BCUT2D eigenvalue weighted by atomic mass is 79.9. The molecule has 1 heterocycles. The standard InChI is InChI=1S/C12H10BrF2NO/c1-16-11(8-4-5-17-12(8)13)9-6-7(14)2-3-10(9)15/h2-6,11,16H,1H3. The summed E-state index contributed by atoms with van der Waals surface area (Å²) in [5.74, 6) is -0.930. The minimum Gasteiger partial charge on any atom is -0.457 e. The molecule has 17 heavy (non-hydrogen) atoms. The van der Waals surface area contributed by atoms with E-state index in [0.29, 0.717) is 4.67 Å².